The molecule has 0 unspecified atom stereocenters. The normalized spacial score (nSPS) is 10.1. The molecule has 1 aromatic carbocycles. The van der Waals surface area contributed by atoms with Crippen molar-refractivity contribution in [2.24, 2.45) is 0 Å². The van der Waals surface area contributed by atoms with Crippen LogP contribution in [-0.2, 0) is 4.79 Å². The van der Waals surface area contributed by atoms with Gasteiger partial charge in [0.2, 0.25) is 5.91 Å². The second-order valence-electron chi connectivity index (χ2n) is 3.84. The molecule has 1 heterocycles. The zero-order chi connectivity index (χ0) is 14.5. The molecule has 2 aromatic rings. The molecule has 0 bridgehead atoms. The third kappa shape index (κ3) is 4.06. The predicted molar refractivity (Wildman–Crippen MR) is 84.4 cm³/mol. The second kappa shape index (κ2) is 6.88. The van der Waals surface area contributed by atoms with Crippen molar-refractivity contribution in [1.29, 1.82) is 0 Å². The molecule has 0 radical (unpaired) electrons. The number of nitrogens with one attached hydrogen (secondary N) is 2. The molecule has 2 rings (SSSR count). The number of carbonyl (C=O) groups excluding carboxylic acids is 2. The second-order valence-corrected chi connectivity index (χ2v) is 6.04. The van der Waals surface area contributed by atoms with E-state index in [4.69, 9.17) is 11.6 Å². The van der Waals surface area contributed by atoms with Crippen molar-refractivity contribution in [3.63, 3.8) is 0 Å². The van der Waals surface area contributed by atoms with Gasteiger partial charge in [-0.2, -0.15) is 0 Å². The summed E-state index contributed by atoms with van der Waals surface area (Å²) in [6.45, 7) is -0.0915. The monoisotopic (exact) mass is 372 g/mol. The van der Waals surface area contributed by atoms with Gasteiger partial charge in [-0.3, -0.25) is 9.59 Å². The summed E-state index contributed by atoms with van der Waals surface area (Å²) in [6, 6.07) is 8.53. The number of rotatable bonds is 4. The molecule has 7 heteroatoms. The average Bonchev–Trinajstić information content (AvgIpc) is 2.85. The third-order valence-electron chi connectivity index (χ3n) is 2.36. The Morgan fingerprint density at radius 3 is 2.50 bits per heavy atom. The molecule has 0 spiro atoms. The Morgan fingerprint density at radius 1 is 1.20 bits per heavy atom. The molecule has 0 atom stereocenters. The first-order chi connectivity index (χ1) is 9.56. The van der Waals surface area contributed by atoms with E-state index in [-0.39, 0.29) is 18.4 Å². The SMILES string of the molecule is O=C(CNC(=O)c1sccc1Br)Nc1ccc(Cl)cc1. The van der Waals surface area contributed by atoms with E-state index in [2.05, 4.69) is 26.6 Å². The van der Waals surface area contributed by atoms with Gasteiger partial charge in [0.1, 0.15) is 4.88 Å². The lowest BCUT2D eigenvalue weighted by atomic mass is 10.3. The number of amides is 2. The van der Waals surface area contributed by atoms with Crippen LogP contribution < -0.4 is 10.6 Å². The van der Waals surface area contributed by atoms with Gasteiger partial charge in [0, 0.05) is 15.2 Å². The highest BCUT2D eigenvalue weighted by Crippen LogP contribution is 2.22. The fraction of sp³-hybridized carbons (Fsp3) is 0.0769. The standard InChI is InChI=1S/C13H10BrClN2O2S/c14-10-5-6-20-12(10)13(19)16-7-11(18)17-9-3-1-8(15)2-4-9/h1-6H,7H2,(H,16,19)(H,17,18). The van der Waals surface area contributed by atoms with E-state index in [0.717, 1.165) is 4.47 Å². The van der Waals surface area contributed by atoms with Crippen molar-refractivity contribution in [1.82, 2.24) is 5.32 Å². The Hall–Kier alpha value is -1.37. The van der Waals surface area contributed by atoms with Gasteiger partial charge in [0.25, 0.3) is 5.91 Å². The molecule has 1 aromatic heterocycles. The fourth-order valence-electron chi connectivity index (χ4n) is 1.43. The van der Waals surface area contributed by atoms with Crippen LogP contribution in [-0.4, -0.2) is 18.4 Å². The summed E-state index contributed by atoms with van der Waals surface area (Å²) >= 11 is 10.3. The van der Waals surface area contributed by atoms with Crippen LogP contribution in [0.5, 0.6) is 0 Å². The van der Waals surface area contributed by atoms with E-state index >= 15 is 0 Å². The van der Waals surface area contributed by atoms with E-state index in [1.54, 1.807) is 35.7 Å². The quantitative estimate of drug-likeness (QED) is 0.861. The molecule has 0 aliphatic heterocycles. The predicted octanol–water partition coefficient (Wildman–Crippen LogP) is 3.53. The van der Waals surface area contributed by atoms with Crippen LogP contribution in [0.1, 0.15) is 9.67 Å². The summed E-state index contributed by atoms with van der Waals surface area (Å²) in [7, 11) is 0. The molecule has 0 saturated carbocycles. The van der Waals surface area contributed by atoms with Gasteiger partial charge in [0.05, 0.1) is 6.54 Å². The Kier molecular flexibility index (Phi) is 5.17. The molecule has 0 aliphatic carbocycles. The lowest BCUT2D eigenvalue weighted by Crippen LogP contribution is -2.32. The number of anilines is 1. The highest BCUT2D eigenvalue weighted by atomic mass is 79.9. The number of carbonyl (C=O) groups is 2. The molecule has 0 aliphatic rings. The minimum atomic E-state index is -0.298. The minimum absolute atomic E-state index is 0.0915. The van der Waals surface area contributed by atoms with E-state index in [0.29, 0.717) is 15.6 Å². The molecule has 2 N–H and O–H groups in total. The van der Waals surface area contributed by atoms with Gasteiger partial charge < -0.3 is 10.6 Å². The van der Waals surface area contributed by atoms with Crippen LogP contribution in [0.15, 0.2) is 40.2 Å². The van der Waals surface area contributed by atoms with E-state index in [1.165, 1.54) is 11.3 Å². The van der Waals surface area contributed by atoms with Crippen molar-refractivity contribution >= 4 is 56.4 Å². The maximum atomic E-state index is 11.8. The van der Waals surface area contributed by atoms with Gasteiger partial charge in [-0.1, -0.05) is 11.6 Å². The molecule has 4 nitrogen and oxygen atoms in total. The van der Waals surface area contributed by atoms with E-state index in [9.17, 15) is 9.59 Å². The first kappa shape index (κ1) is 15.0. The number of hydrogen-bond donors (Lipinski definition) is 2. The number of thiophene rings is 1. The van der Waals surface area contributed by atoms with Crippen molar-refractivity contribution in [3.8, 4) is 0 Å². The maximum Gasteiger partial charge on any atom is 0.262 e. The molecule has 0 fully saturated rings. The first-order valence-electron chi connectivity index (χ1n) is 5.63. The molecular formula is C13H10BrClN2O2S. The molecular weight excluding hydrogens is 364 g/mol. The van der Waals surface area contributed by atoms with Crippen LogP contribution >= 0.6 is 38.9 Å². The number of halogens is 2. The smallest absolute Gasteiger partial charge is 0.262 e. The maximum absolute atomic E-state index is 11.8. The fourth-order valence-corrected chi connectivity index (χ4v) is 3.03. The Labute approximate surface area is 133 Å². The highest BCUT2D eigenvalue weighted by Gasteiger charge is 2.12. The van der Waals surface area contributed by atoms with Crippen LogP contribution in [0.3, 0.4) is 0 Å². The van der Waals surface area contributed by atoms with Crippen molar-refractivity contribution < 1.29 is 9.59 Å². The van der Waals surface area contributed by atoms with Gasteiger partial charge in [-0.25, -0.2) is 0 Å². The summed E-state index contributed by atoms with van der Waals surface area (Å²) in [6.07, 6.45) is 0. The zero-order valence-electron chi connectivity index (χ0n) is 10.2. The van der Waals surface area contributed by atoms with Gasteiger partial charge in [0.15, 0.2) is 0 Å². The van der Waals surface area contributed by atoms with Gasteiger partial charge in [-0.05, 0) is 51.6 Å². The van der Waals surface area contributed by atoms with E-state index in [1.807, 2.05) is 0 Å². The Bertz CT molecular complexity index is 628. The first-order valence-corrected chi connectivity index (χ1v) is 7.68. The molecule has 104 valence electrons. The summed E-state index contributed by atoms with van der Waals surface area (Å²) < 4.78 is 0.720. The summed E-state index contributed by atoms with van der Waals surface area (Å²) in [5.41, 5.74) is 0.631. The lowest BCUT2D eigenvalue weighted by molar-refractivity contribution is -0.115. The van der Waals surface area contributed by atoms with Gasteiger partial charge >= 0.3 is 0 Å². The van der Waals surface area contributed by atoms with Gasteiger partial charge in [-0.15, -0.1) is 11.3 Å². The van der Waals surface area contributed by atoms with Crippen LogP contribution in [0.4, 0.5) is 5.69 Å². The zero-order valence-corrected chi connectivity index (χ0v) is 13.3. The number of hydrogen-bond acceptors (Lipinski definition) is 3. The Balaban J connectivity index is 1.85. The molecule has 20 heavy (non-hydrogen) atoms. The third-order valence-corrected chi connectivity index (χ3v) is 4.45. The Morgan fingerprint density at radius 2 is 1.90 bits per heavy atom. The van der Waals surface area contributed by atoms with Crippen molar-refractivity contribution in [2.45, 2.75) is 0 Å². The highest BCUT2D eigenvalue weighted by molar-refractivity contribution is 9.10. The lowest BCUT2D eigenvalue weighted by Gasteiger charge is -2.06. The largest absolute Gasteiger partial charge is 0.342 e. The number of benzene rings is 1. The van der Waals surface area contributed by atoms with Crippen LogP contribution in [0.25, 0.3) is 0 Å². The molecule has 2 amide bonds. The van der Waals surface area contributed by atoms with Crippen molar-refractivity contribution in [2.75, 3.05) is 11.9 Å². The topological polar surface area (TPSA) is 58.2 Å². The van der Waals surface area contributed by atoms with Crippen molar-refractivity contribution in [3.05, 3.63) is 50.1 Å². The van der Waals surface area contributed by atoms with Crippen LogP contribution in [0, 0.1) is 0 Å². The summed E-state index contributed by atoms with van der Waals surface area (Å²) in [5, 5.41) is 7.62. The molecule has 0 saturated heterocycles. The summed E-state index contributed by atoms with van der Waals surface area (Å²) in [5.74, 6) is -0.577. The van der Waals surface area contributed by atoms with Crippen LogP contribution in [0.2, 0.25) is 5.02 Å². The minimum Gasteiger partial charge on any atom is -0.342 e. The summed E-state index contributed by atoms with van der Waals surface area (Å²) in [4.78, 5) is 24.0. The average molecular weight is 374 g/mol. The van der Waals surface area contributed by atoms with E-state index < -0.39 is 0 Å².